The van der Waals surface area contributed by atoms with Crippen molar-refractivity contribution < 1.29 is 98.6 Å². The van der Waals surface area contributed by atoms with Gasteiger partial charge in [-0.15, -0.1) is 0 Å². The summed E-state index contributed by atoms with van der Waals surface area (Å²) < 4.78 is 230. The average Bonchev–Trinajstić information content (AvgIpc) is 2.63. The van der Waals surface area contributed by atoms with Crippen molar-refractivity contribution in [3.8, 4) is 0 Å². The lowest BCUT2D eigenvalue weighted by Gasteiger charge is -2.43. The standard InChI is InChI=1S/C17H16F17NO4/c1-7(36)39-8(5-35(2,3)6-9(37)38)4-10(18,19)11(20,21)12(22,23)13(24,25)14(26,27)15(28,29)16(30,31)17(32,33)34/h8H,4-6H2,1-3H3. The highest BCUT2D eigenvalue weighted by atomic mass is 19.4. The summed E-state index contributed by atoms with van der Waals surface area (Å²) in [4.78, 5) is 21.7. The molecule has 22 heteroatoms. The van der Waals surface area contributed by atoms with E-state index in [0.717, 1.165) is 14.1 Å². The molecule has 0 aromatic rings. The van der Waals surface area contributed by atoms with E-state index in [1.54, 1.807) is 0 Å². The number of carboxylic acid groups (broad SMARTS) is 1. The van der Waals surface area contributed by atoms with Crippen LogP contribution in [0.4, 0.5) is 74.6 Å². The Bertz CT molecular complexity index is 913. The molecule has 0 aliphatic carbocycles. The number of rotatable bonds is 13. The van der Waals surface area contributed by atoms with Crippen LogP contribution in [0.2, 0.25) is 0 Å². The molecule has 1 atom stereocenters. The van der Waals surface area contributed by atoms with Gasteiger partial charge in [0.15, 0.2) is 6.10 Å². The van der Waals surface area contributed by atoms with Gasteiger partial charge in [0, 0.05) is 6.92 Å². The topological polar surface area (TPSA) is 66.4 Å². The minimum Gasteiger partial charge on any atom is -0.544 e. The summed E-state index contributed by atoms with van der Waals surface area (Å²) in [7, 11) is 1.60. The second-order valence-corrected chi connectivity index (χ2v) is 8.73. The molecule has 1 unspecified atom stereocenters. The van der Waals surface area contributed by atoms with E-state index in [1.807, 2.05) is 0 Å². The molecule has 0 aromatic heterocycles. The van der Waals surface area contributed by atoms with Crippen LogP contribution in [0.3, 0.4) is 0 Å². The summed E-state index contributed by atoms with van der Waals surface area (Å²) >= 11 is 0. The Balaban J connectivity index is 6.71. The van der Waals surface area contributed by atoms with Gasteiger partial charge in [-0.3, -0.25) is 4.79 Å². The number of ether oxygens (including phenoxy) is 1. The molecule has 0 fully saturated rings. The van der Waals surface area contributed by atoms with Gasteiger partial charge < -0.3 is 19.1 Å². The highest BCUT2D eigenvalue weighted by Crippen LogP contribution is 2.64. The number of carboxylic acids is 1. The number of alkyl halides is 17. The molecule has 232 valence electrons. The molecule has 0 aliphatic rings. The fourth-order valence-electron chi connectivity index (χ4n) is 2.95. The van der Waals surface area contributed by atoms with Crippen LogP contribution in [0, 0.1) is 0 Å². The van der Waals surface area contributed by atoms with Crippen LogP contribution in [0.5, 0.6) is 0 Å². The maximum atomic E-state index is 14.2. The number of halogens is 17. The maximum Gasteiger partial charge on any atom is 0.460 e. The quantitative estimate of drug-likeness (QED) is 0.176. The number of aliphatic carboxylic acids is 1. The third kappa shape index (κ3) is 6.39. The summed E-state index contributed by atoms with van der Waals surface area (Å²) in [6, 6.07) is 0. The van der Waals surface area contributed by atoms with Crippen molar-refractivity contribution in [1.29, 1.82) is 0 Å². The molecular formula is C17H16F17NO4. The van der Waals surface area contributed by atoms with Crippen molar-refractivity contribution in [2.45, 2.75) is 67.1 Å². The molecular weight excluding hydrogens is 605 g/mol. The lowest BCUT2D eigenvalue weighted by molar-refractivity contribution is -0.887. The lowest BCUT2D eigenvalue weighted by Crippen LogP contribution is -2.74. The number of likely N-dealkylation sites (N-methyl/N-ethyl adjacent to an activating group) is 1. The molecule has 0 rings (SSSR count). The molecule has 0 aromatic carbocycles. The van der Waals surface area contributed by atoms with E-state index in [2.05, 4.69) is 4.74 Å². The predicted octanol–water partition coefficient (Wildman–Crippen LogP) is 4.14. The third-order valence-electron chi connectivity index (χ3n) is 4.86. The molecule has 0 spiro atoms. The van der Waals surface area contributed by atoms with Crippen molar-refractivity contribution in [3.63, 3.8) is 0 Å². The van der Waals surface area contributed by atoms with Crippen molar-refractivity contribution >= 4 is 11.9 Å². The van der Waals surface area contributed by atoms with Crippen molar-refractivity contribution in [1.82, 2.24) is 0 Å². The zero-order valence-corrected chi connectivity index (χ0v) is 19.2. The highest BCUT2D eigenvalue weighted by molar-refractivity contribution is 5.66. The monoisotopic (exact) mass is 621 g/mol. The van der Waals surface area contributed by atoms with Gasteiger partial charge in [0.2, 0.25) is 0 Å². The number of quaternary nitrogens is 1. The Kier molecular flexibility index (Phi) is 9.67. The molecule has 0 aliphatic heterocycles. The van der Waals surface area contributed by atoms with Gasteiger partial charge in [0.25, 0.3) is 0 Å². The van der Waals surface area contributed by atoms with Crippen LogP contribution in [0.15, 0.2) is 0 Å². The third-order valence-corrected chi connectivity index (χ3v) is 4.86. The van der Waals surface area contributed by atoms with Gasteiger partial charge in [0.05, 0.1) is 26.5 Å². The average molecular weight is 621 g/mol. The second-order valence-electron chi connectivity index (χ2n) is 8.73. The minimum atomic E-state index is -8.76. The van der Waals surface area contributed by atoms with Gasteiger partial charge in [-0.2, -0.15) is 74.6 Å². The molecule has 0 heterocycles. The van der Waals surface area contributed by atoms with Crippen LogP contribution in [0.25, 0.3) is 0 Å². The van der Waals surface area contributed by atoms with Gasteiger partial charge in [-0.25, -0.2) is 0 Å². The van der Waals surface area contributed by atoms with Crippen LogP contribution < -0.4 is 5.11 Å². The van der Waals surface area contributed by atoms with E-state index in [1.165, 1.54) is 0 Å². The van der Waals surface area contributed by atoms with E-state index in [4.69, 9.17) is 0 Å². The van der Waals surface area contributed by atoms with Crippen LogP contribution in [0.1, 0.15) is 13.3 Å². The van der Waals surface area contributed by atoms with Gasteiger partial charge in [0.1, 0.15) is 13.1 Å². The molecule has 0 saturated heterocycles. The number of nitrogens with zero attached hydrogens (tertiary/aromatic N) is 1. The van der Waals surface area contributed by atoms with Crippen LogP contribution in [-0.2, 0) is 14.3 Å². The smallest absolute Gasteiger partial charge is 0.460 e. The zero-order chi connectivity index (χ0) is 32.1. The Morgan fingerprint density at radius 2 is 1.00 bits per heavy atom. The first kappa shape index (κ1) is 36.7. The van der Waals surface area contributed by atoms with Crippen LogP contribution >= 0.6 is 0 Å². The Hall–Kier alpha value is -2.29. The number of carbonyl (C=O) groups excluding carboxylic acids is 2. The van der Waals surface area contributed by atoms with Crippen LogP contribution in [-0.4, -0.2) is 97.3 Å². The Morgan fingerprint density at radius 1 is 0.667 bits per heavy atom. The predicted molar refractivity (Wildman–Crippen MR) is 87.7 cm³/mol. The highest BCUT2D eigenvalue weighted by Gasteiger charge is 2.95. The van der Waals surface area contributed by atoms with E-state index < -0.39 is 89.7 Å². The van der Waals surface area contributed by atoms with Crippen molar-refractivity contribution in [2.75, 3.05) is 27.2 Å². The van der Waals surface area contributed by atoms with E-state index >= 15 is 0 Å². The van der Waals surface area contributed by atoms with Gasteiger partial charge >= 0.3 is 53.6 Å². The molecule has 0 bridgehead atoms. The van der Waals surface area contributed by atoms with Gasteiger partial charge in [-0.05, 0) is 0 Å². The minimum absolute atomic E-state index is 0.383. The summed E-state index contributed by atoms with van der Waals surface area (Å²) in [5, 5.41) is 10.7. The number of hydrogen-bond donors (Lipinski definition) is 0. The summed E-state index contributed by atoms with van der Waals surface area (Å²) in [6.45, 7) is -2.12. The van der Waals surface area contributed by atoms with E-state index in [9.17, 15) is 89.3 Å². The lowest BCUT2D eigenvalue weighted by atomic mass is 9.87. The molecule has 5 nitrogen and oxygen atoms in total. The largest absolute Gasteiger partial charge is 0.544 e. The maximum absolute atomic E-state index is 14.2. The number of carbonyl (C=O) groups is 2. The molecule has 39 heavy (non-hydrogen) atoms. The SMILES string of the molecule is CC(=O)OC(CC(F)(F)C(F)(F)C(F)(F)C(F)(F)C(F)(F)C(F)(F)C(F)(F)C(F)(F)F)C[N+](C)(C)CC(=O)[O-]. The number of esters is 1. The molecule has 0 saturated carbocycles. The van der Waals surface area contributed by atoms with Gasteiger partial charge in [-0.1, -0.05) is 0 Å². The molecule has 0 radical (unpaired) electrons. The molecule has 0 amide bonds. The fraction of sp³-hybridized carbons (Fsp3) is 0.882. The molecule has 0 N–H and O–H groups in total. The van der Waals surface area contributed by atoms with Crippen molar-refractivity contribution in [3.05, 3.63) is 0 Å². The van der Waals surface area contributed by atoms with E-state index in [-0.39, 0.29) is 0 Å². The number of hydrogen-bond acceptors (Lipinski definition) is 4. The fourth-order valence-corrected chi connectivity index (χ4v) is 2.95. The summed E-state index contributed by atoms with van der Waals surface area (Å²) in [6.07, 6.45) is -13.7. The van der Waals surface area contributed by atoms with Crippen molar-refractivity contribution in [2.24, 2.45) is 0 Å². The summed E-state index contributed by atoms with van der Waals surface area (Å²) in [5.41, 5.74) is 0. The van der Waals surface area contributed by atoms with E-state index in [0.29, 0.717) is 6.92 Å². The first-order valence-electron chi connectivity index (χ1n) is 9.57. The second kappa shape index (κ2) is 10.3. The summed E-state index contributed by atoms with van der Waals surface area (Å²) in [5.74, 6) is -61.2. The first-order chi connectivity index (χ1) is 16.7. The Morgan fingerprint density at radius 3 is 1.31 bits per heavy atom. The zero-order valence-electron chi connectivity index (χ0n) is 19.2. The normalized spacial score (nSPS) is 16.2. The first-order valence-corrected chi connectivity index (χ1v) is 9.57. The Labute approximate surface area is 206 Å².